The van der Waals surface area contributed by atoms with Gasteiger partial charge in [0.05, 0.1) is 29.7 Å². The summed E-state index contributed by atoms with van der Waals surface area (Å²) in [6.45, 7) is 2.14. The predicted octanol–water partition coefficient (Wildman–Crippen LogP) is 4.67. The first kappa shape index (κ1) is 20.9. The molecule has 2 bridgehead atoms. The molecule has 3 aromatic rings. The molecule has 7 heteroatoms. The summed E-state index contributed by atoms with van der Waals surface area (Å²) in [5, 5.41) is 15.5. The first-order valence-electron chi connectivity index (χ1n) is 11.3. The summed E-state index contributed by atoms with van der Waals surface area (Å²) in [5.74, 6) is -1.84. The lowest BCUT2D eigenvalue weighted by atomic mass is 9.55. The third-order valence-corrected chi connectivity index (χ3v) is 7.39. The molecule has 0 spiro atoms. The standard InChI is InChI=1S/C27H21ClN2O4/c1-2-34-20-12-14(11-19(28)25(20)31)13-29-30-26(32)23-21-15-7-3-4-8-16(15)22(24(23)27(30)33)18-10-6-5-9-17(18)21/h3-13,21-24,31H,2H2,1H3/b29-13-/t21?,22?,23-,24-/m0/s1. The lowest BCUT2D eigenvalue weighted by Crippen LogP contribution is -2.41. The van der Waals surface area contributed by atoms with Crippen LogP contribution in [0.25, 0.3) is 0 Å². The van der Waals surface area contributed by atoms with E-state index < -0.39 is 11.8 Å². The van der Waals surface area contributed by atoms with Crippen LogP contribution in [0.1, 0.15) is 46.6 Å². The fourth-order valence-corrected chi connectivity index (χ4v) is 6.05. The average Bonchev–Trinajstić information content (AvgIpc) is 3.11. The maximum Gasteiger partial charge on any atom is 0.254 e. The van der Waals surface area contributed by atoms with Crippen LogP contribution in [0.3, 0.4) is 0 Å². The van der Waals surface area contributed by atoms with E-state index in [1.165, 1.54) is 12.3 Å². The van der Waals surface area contributed by atoms with Crippen LogP contribution in [0.5, 0.6) is 11.5 Å². The highest BCUT2D eigenvalue weighted by atomic mass is 35.5. The summed E-state index contributed by atoms with van der Waals surface area (Å²) in [4.78, 5) is 27.1. The van der Waals surface area contributed by atoms with Crippen LogP contribution in [0, 0.1) is 11.8 Å². The average molecular weight is 473 g/mol. The molecule has 4 aliphatic rings. The molecular formula is C27H21ClN2O4. The number of benzene rings is 3. The Balaban J connectivity index is 1.40. The Morgan fingerprint density at radius 2 is 1.44 bits per heavy atom. The molecule has 2 atom stereocenters. The van der Waals surface area contributed by atoms with Crippen LogP contribution >= 0.6 is 11.6 Å². The largest absolute Gasteiger partial charge is 0.503 e. The van der Waals surface area contributed by atoms with Gasteiger partial charge in [-0.2, -0.15) is 10.1 Å². The lowest BCUT2D eigenvalue weighted by molar-refractivity contribution is -0.139. The number of nitrogens with zero attached hydrogens (tertiary/aromatic N) is 2. The third-order valence-electron chi connectivity index (χ3n) is 7.10. The topological polar surface area (TPSA) is 79.2 Å². The summed E-state index contributed by atoms with van der Waals surface area (Å²) in [7, 11) is 0. The summed E-state index contributed by atoms with van der Waals surface area (Å²) in [5.41, 5.74) is 4.98. The molecule has 34 heavy (non-hydrogen) atoms. The zero-order valence-electron chi connectivity index (χ0n) is 18.3. The number of carbonyl (C=O) groups excluding carboxylic acids is 2. The Bertz CT molecular complexity index is 1270. The number of carbonyl (C=O) groups is 2. The van der Waals surface area contributed by atoms with Gasteiger partial charge in [0.1, 0.15) is 0 Å². The quantitative estimate of drug-likeness (QED) is 0.442. The number of hydrogen-bond acceptors (Lipinski definition) is 5. The Labute approximate surface area is 201 Å². The molecule has 3 aliphatic carbocycles. The lowest BCUT2D eigenvalue weighted by Gasteiger charge is -2.45. The van der Waals surface area contributed by atoms with E-state index in [1.807, 2.05) is 24.3 Å². The monoisotopic (exact) mass is 472 g/mol. The molecular weight excluding hydrogens is 452 g/mol. The molecule has 7 rings (SSSR count). The van der Waals surface area contributed by atoms with E-state index >= 15 is 0 Å². The molecule has 1 aliphatic heterocycles. The van der Waals surface area contributed by atoms with Crippen LogP contribution in [-0.2, 0) is 9.59 Å². The Morgan fingerprint density at radius 1 is 0.941 bits per heavy atom. The highest BCUT2D eigenvalue weighted by Gasteiger charge is 2.61. The zero-order valence-corrected chi connectivity index (χ0v) is 19.1. The molecule has 2 amide bonds. The number of amides is 2. The molecule has 0 radical (unpaired) electrons. The highest BCUT2D eigenvalue weighted by Crippen LogP contribution is 2.60. The first-order chi connectivity index (χ1) is 16.5. The predicted molar refractivity (Wildman–Crippen MR) is 127 cm³/mol. The minimum absolute atomic E-state index is 0.101. The molecule has 0 saturated carbocycles. The molecule has 0 aromatic heterocycles. The number of rotatable bonds is 4. The van der Waals surface area contributed by atoms with E-state index in [1.54, 1.807) is 13.0 Å². The minimum atomic E-state index is -0.484. The summed E-state index contributed by atoms with van der Waals surface area (Å²) >= 11 is 6.12. The van der Waals surface area contributed by atoms with Crippen molar-refractivity contribution < 1.29 is 19.4 Å². The molecule has 3 aromatic carbocycles. The number of aromatic hydroxyl groups is 1. The third kappa shape index (κ3) is 2.85. The van der Waals surface area contributed by atoms with Crippen molar-refractivity contribution in [3.63, 3.8) is 0 Å². The molecule has 170 valence electrons. The number of ether oxygens (including phenoxy) is 1. The first-order valence-corrected chi connectivity index (χ1v) is 11.6. The van der Waals surface area contributed by atoms with Crippen molar-refractivity contribution in [1.82, 2.24) is 5.01 Å². The van der Waals surface area contributed by atoms with Gasteiger partial charge in [0.25, 0.3) is 11.8 Å². The van der Waals surface area contributed by atoms with E-state index in [0.717, 1.165) is 27.3 Å². The minimum Gasteiger partial charge on any atom is -0.503 e. The van der Waals surface area contributed by atoms with Gasteiger partial charge in [0.2, 0.25) is 0 Å². The number of hydrazone groups is 1. The van der Waals surface area contributed by atoms with Gasteiger partial charge in [-0.25, -0.2) is 0 Å². The van der Waals surface area contributed by atoms with Crippen molar-refractivity contribution in [3.8, 4) is 11.5 Å². The van der Waals surface area contributed by atoms with Crippen molar-refractivity contribution >= 4 is 29.6 Å². The second-order valence-electron chi connectivity index (χ2n) is 8.78. The normalized spacial score (nSPS) is 24.4. The van der Waals surface area contributed by atoms with Gasteiger partial charge in [-0.1, -0.05) is 60.1 Å². The molecule has 1 N–H and O–H groups in total. The van der Waals surface area contributed by atoms with Gasteiger partial charge in [0.15, 0.2) is 11.5 Å². The Kier molecular flexibility index (Phi) is 4.74. The van der Waals surface area contributed by atoms with E-state index in [2.05, 4.69) is 29.4 Å². The van der Waals surface area contributed by atoms with Gasteiger partial charge in [0, 0.05) is 11.8 Å². The maximum absolute atomic E-state index is 13.6. The number of imide groups is 1. The van der Waals surface area contributed by atoms with E-state index in [4.69, 9.17) is 16.3 Å². The van der Waals surface area contributed by atoms with Crippen LogP contribution < -0.4 is 4.74 Å². The fraction of sp³-hybridized carbons (Fsp3) is 0.222. The van der Waals surface area contributed by atoms with Crippen molar-refractivity contribution in [2.45, 2.75) is 18.8 Å². The van der Waals surface area contributed by atoms with Gasteiger partial charge in [-0.15, -0.1) is 0 Å². The second-order valence-corrected chi connectivity index (χ2v) is 9.19. The van der Waals surface area contributed by atoms with E-state index in [9.17, 15) is 14.7 Å². The highest BCUT2D eigenvalue weighted by molar-refractivity contribution is 6.32. The molecule has 1 fully saturated rings. The number of phenols is 1. The van der Waals surface area contributed by atoms with Crippen LogP contribution in [-0.4, -0.2) is 34.8 Å². The summed E-state index contributed by atoms with van der Waals surface area (Å²) in [6, 6.07) is 19.3. The fourth-order valence-electron chi connectivity index (χ4n) is 5.83. The summed E-state index contributed by atoms with van der Waals surface area (Å²) in [6.07, 6.45) is 1.41. The zero-order chi connectivity index (χ0) is 23.6. The molecule has 1 heterocycles. The van der Waals surface area contributed by atoms with Crippen molar-refractivity contribution in [3.05, 3.63) is 93.5 Å². The molecule has 0 unspecified atom stereocenters. The smallest absolute Gasteiger partial charge is 0.254 e. The van der Waals surface area contributed by atoms with Crippen molar-refractivity contribution in [2.75, 3.05) is 6.61 Å². The number of hydrogen-bond donors (Lipinski definition) is 1. The van der Waals surface area contributed by atoms with Crippen molar-refractivity contribution in [2.24, 2.45) is 16.9 Å². The second kappa shape index (κ2) is 7.71. The number of halogens is 1. The van der Waals surface area contributed by atoms with Crippen LogP contribution in [0.2, 0.25) is 5.02 Å². The SMILES string of the molecule is CCOc1cc(/C=N\N2C(=O)[C@H]3C4c5ccccc5C(c5ccccc54)[C@@H]3C2=O)cc(Cl)c1O. The van der Waals surface area contributed by atoms with Gasteiger partial charge in [-0.05, 0) is 46.9 Å². The van der Waals surface area contributed by atoms with Gasteiger partial charge < -0.3 is 9.84 Å². The van der Waals surface area contributed by atoms with Gasteiger partial charge >= 0.3 is 0 Å². The molecule has 1 saturated heterocycles. The Morgan fingerprint density at radius 3 is 1.91 bits per heavy atom. The van der Waals surface area contributed by atoms with E-state index in [0.29, 0.717) is 12.2 Å². The summed E-state index contributed by atoms with van der Waals surface area (Å²) < 4.78 is 5.41. The van der Waals surface area contributed by atoms with Crippen LogP contribution in [0.4, 0.5) is 0 Å². The Hall–Kier alpha value is -3.64. The van der Waals surface area contributed by atoms with E-state index in [-0.39, 0.29) is 40.2 Å². The number of phenolic OH excluding ortho intramolecular Hbond substituents is 1. The van der Waals surface area contributed by atoms with Crippen LogP contribution in [0.15, 0.2) is 65.8 Å². The van der Waals surface area contributed by atoms with Crippen molar-refractivity contribution in [1.29, 1.82) is 0 Å². The maximum atomic E-state index is 13.6. The van der Waals surface area contributed by atoms with Gasteiger partial charge in [-0.3, -0.25) is 9.59 Å². The molecule has 6 nitrogen and oxygen atoms in total.